The molecule has 0 spiro atoms. The first-order chi connectivity index (χ1) is 11.4. The molecule has 1 aromatic carbocycles. The van der Waals surface area contributed by atoms with Crippen LogP contribution in [0.3, 0.4) is 0 Å². The number of para-hydroxylation sites is 1. The summed E-state index contributed by atoms with van der Waals surface area (Å²) in [7, 11) is 1.65. The minimum Gasteiger partial charge on any atom is -0.494 e. The minimum absolute atomic E-state index is 0.184. The molecule has 1 unspecified atom stereocenters. The molecular weight excluding hydrogens is 306 g/mol. The number of piperidine rings is 1. The van der Waals surface area contributed by atoms with Crippen molar-refractivity contribution in [1.82, 2.24) is 14.9 Å². The summed E-state index contributed by atoms with van der Waals surface area (Å²) < 4.78 is 10.9. The number of hydrogen-bond donors (Lipinski definition) is 1. The van der Waals surface area contributed by atoms with Crippen molar-refractivity contribution in [3.8, 4) is 5.75 Å². The first kappa shape index (κ1) is 16.6. The van der Waals surface area contributed by atoms with E-state index >= 15 is 0 Å². The van der Waals surface area contributed by atoms with Crippen LogP contribution >= 0.6 is 0 Å². The Morgan fingerprint density at radius 2 is 2.17 bits per heavy atom. The zero-order chi connectivity index (χ0) is 17.3. The molecule has 0 saturated carbocycles. The molecule has 1 saturated heterocycles. The van der Waals surface area contributed by atoms with Crippen molar-refractivity contribution in [2.45, 2.75) is 45.1 Å². The topological polar surface area (TPSA) is 67.5 Å². The smallest absolute Gasteiger partial charge is 0.410 e. The number of nitrogens with zero attached hydrogens (tertiary/aromatic N) is 2. The van der Waals surface area contributed by atoms with Crippen LogP contribution in [0.25, 0.3) is 11.0 Å². The number of nitrogens with one attached hydrogen (secondary N) is 1. The Balaban J connectivity index is 1.79. The number of H-pyrrole nitrogens is 1. The Kier molecular flexibility index (Phi) is 4.39. The number of aromatic nitrogens is 2. The Morgan fingerprint density at radius 3 is 2.88 bits per heavy atom. The number of methoxy groups -OCH3 is 1. The van der Waals surface area contributed by atoms with E-state index in [4.69, 9.17) is 14.5 Å². The number of likely N-dealkylation sites (tertiary alicyclic amines) is 1. The number of amides is 1. The molecule has 1 fully saturated rings. The highest BCUT2D eigenvalue weighted by molar-refractivity contribution is 5.81. The van der Waals surface area contributed by atoms with Crippen molar-refractivity contribution in [2.75, 3.05) is 20.2 Å². The average molecular weight is 331 g/mol. The average Bonchev–Trinajstić information content (AvgIpc) is 2.97. The lowest BCUT2D eigenvalue weighted by molar-refractivity contribution is 0.0196. The van der Waals surface area contributed by atoms with Gasteiger partial charge in [-0.1, -0.05) is 6.07 Å². The molecule has 1 aromatic heterocycles. The lowest BCUT2D eigenvalue weighted by Gasteiger charge is -2.33. The van der Waals surface area contributed by atoms with Crippen LogP contribution in [0, 0.1) is 0 Å². The van der Waals surface area contributed by atoms with Gasteiger partial charge in [0.05, 0.1) is 12.6 Å². The number of hydrogen-bond acceptors (Lipinski definition) is 4. The fourth-order valence-corrected chi connectivity index (χ4v) is 3.08. The molecule has 0 radical (unpaired) electrons. The van der Waals surface area contributed by atoms with Crippen LogP contribution in [0.5, 0.6) is 5.75 Å². The van der Waals surface area contributed by atoms with Gasteiger partial charge in [0.25, 0.3) is 0 Å². The van der Waals surface area contributed by atoms with Gasteiger partial charge in [-0.3, -0.25) is 0 Å². The quantitative estimate of drug-likeness (QED) is 0.911. The number of rotatable bonds is 2. The highest BCUT2D eigenvalue weighted by atomic mass is 16.6. The molecule has 2 aromatic rings. The third-order valence-corrected chi connectivity index (χ3v) is 4.17. The summed E-state index contributed by atoms with van der Waals surface area (Å²) >= 11 is 0. The predicted octanol–water partition coefficient (Wildman–Crippen LogP) is 3.69. The van der Waals surface area contributed by atoms with E-state index in [1.807, 2.05) is 39.0 Å². The second-order valence-corrected chi connectivity index (χ2v) is 7.24. The lowest BCUT2D eigenvalue weighted by Crippen LogP contribution is -2.42. The molecular formula is C18H25N3O3. The van der Waals surface area contributed by atoms with E-state index in [9.17, 15) is 4.79 Å². The maximum absolute atomic E-state index is 12.3. The lowest BCUT2D eigenvalue weighted by atomic mass is 9.98. The summed E-state index contributed by atoms with van der Waals surface area (Å²) in [5.74, 6) is 1.85. The number of aromatic amines is 1. The molecule has 24 heavy (non-hydrogen) atoms. The Morgan fingerprint density at radius 1 is 1.38 bits per heavy atom. The van der Waals surface area contributed by atoms with Crippen LogP contribution in [-0.2, 0) is 4.74 Å². The summed E-state index contributed by atoms with van der Waals surface area (Å²) in [6.07, 6.45) is 1.69. The maximum atomic E-state index is 12.3. The Bertz CT molecular complexity index is 733. The van der Waals surface area contributed by atoms with Crippen molar-refractivity contribution < 1.29 is 14.3 Å². The zero-order valence-electron chi connectivity index (χ0n) is 14.8. The molecule has 130 valence electrons. The molecule has 2 heterocycles. The third-order valence-electron chi connectivity index (χ3n) is 4.17. The van der Waals surface area contributed by atoms with Gasteiger partial charge in [-0.15, -0.1) is 0 Å². The minimum atomic E-state index is -0.475. The summed E-state index contributed by atoms with van der Waals surface area (Å²) in [4.78, 5) is 22.2. The van der Waals surface area contributed by atoms with Crippen LogP contribution in [0.4, 0.5) is 4.79 Å². The number of fused-ring (bicyclic) bond motifs is 1. The van der Waals surface area contributed by atoms with Crippen LogP contribution in [0.15, 0.2) is 18.2 Å². The second-order valence-electron chi connectivity index (χ2n) is 7.24. The number of benzene rings is 1. The highest BCUT2D eigenvalue weighted by Crippen LogP contribution is 2.30. The second kappa shape index (κ2) is 6.34. The van der Waals surface area contributed by atoms with E-state index < -0.39 is 5.60 Å². The van der Waals surface area contributed by atoms with Gasteiger partial charge in [0.15, 0.2) is 0 Å². The standard InChI is InChI=1S/C18H25N3O3/c1-18(2,3)24-17(22)21-10-6-7-12(11-21)16-19-13-8-5-9-14(23-4)15(13)20-16/h5,8-9,12H,6-7,10-11H2,1-4H3,(H,19,20). The van der Waals surface area contributed by atoms with E-state index in [0.29, 0.717) is 6.54 Å². The summed E-state index contributed by atoms with van der Waals surface area (Å²) in [5, 5.41) is 0. The van der Waals surface area contributed by atoms with E-state index in [-0.39, 0.29) is 12.0 Å². The Labute approximate surface area is 142 Å². The molecule has 1 aliphatic heterocycles. The summed E-state index contributed by atoms with van der Waals surface area (Å²) in [6, 6.07) is 5.83. The van der Waals surface area contributed by atoms with E-state index in [1.54, 1.807) is 12.0 Å². The van der Waals surface area contributed by atoms with E-state index in [2.05, 4.69) is 4.98 Å². The summed E-state index contributed by atoms with van der Waals surface area (Å²) in [5.41, 5.74) is 1.32. The number of carbonyl (C=O) groups excluding carboxylic acids is 1. The van der Waals surface area contributed by atoms with Crippen molar-refractivity contribution >= 4 is 17.1 Å². The third kappa shape index (κ3) is 3.47. The fraction of sp³-hybridized carbons (Fsp3) is 0.556. The number of imidazole rings is 1. The van der Waals surface area contributed by atoms with Gasteiger partial charge in [-0.2, -0.15) is 0 Å². The molecule has 0 aliphatic carbocycles. The number of ether oxygens (including phenoxy) is 2. The van der Waals surface area contributed by atoms with Gasteiger partial charge in [-0.05, 0) is 45.7 Å². The van der Waals surface area contributed by atoms with E-state index in [1.165, 1.54) is 0 Å². The van der Waals surface area contributed by atoms with Crippen LogP contribution in [-0.4, -0.2) is 46.8 Å². The molecule has 1 N–H and O–H groups in total. The van der Waals surface area contributed by atoms with Crippen molar-refractivity contribution in [1.29, 1.82) is 0 Å². The number of carbonyl (C=O) groups is 1. The Hall–Kier alpha value is -2.24. The molecule has 6 heteroatoms. The van der Waals surface area contributed by atoms with Gasteiger partial charge in [0.2, 0.25) is 0 Å². The van der Waals surface area contributed by atoms with Crippen molar-refractivity contribution in [2.24, 2.45) is 0 Å². The predicted molar refractivity (Wildman–Crippen MR) is 92.4 cm³/mol. The molecule has 3 rings (SSSR count). The maximum Gasteiger partial charge on any atom is 0.410 e. The normalized spacial score (nSPS) is 18.7. The summed E-state index contributed by atoms with van der Waals surface area (Å²) in [6.45, 7) is 7.01. The molecule has 6 nitrogen and oxygen atoms in total. The highest BCUT2D eigenvalue weighted by Gasteiger charge is 2.29. The van der Waals surface area contributed by atoms with Gasteiger partial charge < -0.3 is 19.4 Å². The van der Waals surface area contributed by atoms with Crippen LogP contribution < -0.4 is 4.74 Å². The van der Waals surface area contributed by atoms with Gasteiger partial charge in [0.1, 0.15) is 22.7 Å². The van der Waals surface area contributed by atoms with Gasteiger partial charge in [0, 0.05) is 19.0 Å². The van der Waals surface area contributed by atoms with Gasteiger partial charge >= 0.3 is 6.09 Å². The van der Waals surface area contributed by atoms with E-state index in [0.717, 1.165) is 42.0 Å². The fourth-order valence-electron chi connectivity index (χ4n) is 3.08. The van der Waals surface area contributed by atoms with Crippen molar-refractivity contribution in [3.05, 3.63) is 24.0 Å². The molecule has 0 bridgehead atoms. The van der Waals surface area contributed by atoms with Crippen molar-refractivity contribution in [3.63, 3.8) is 0 Å². The first-order valence-corrected chi connectivity index (χ1v) is 8.38. The zero-order valence-corrected chi connectivity index (χ0v) is 14.8. The van der Waals surface area contributed by atoms with Gasteiger partial charge in [-0.25, -0.2) is 9.78 Å². The largest absolute Gasteiger partial charge is 0.494 e. The molecule has 1 amide bonds. The monoisotopic (exact) mass is 331 g/mol. The van der Waals surface area contributed by atoms with Crippen LogP contribution in [0.2, 0.25) is 0 Å². The SMILES string of the molecule is COc1cccc2[nH]c(C3CCCN(C(=O)OC(C)(C)C)C3)nc12. The van der Waals surface area contributed by atoms with Crippen LogP contribution in [0.1, 0.15) is 45.4 Å². The molecule has 1 atom stereocenters. The first-order valence-electron chi connectivity index (χ1n) is 8.38. The molecule has 1 aliphatic rings.